The maximum absolute atomic E-state index is 11.2. The Kier molecular flexibility index (Phi) is 7.42. The summed E-state index contributed by atoms with van der Waals surface area (Å²) in [6.07, 6.45) is 0. The zero-order valence-electron chi connectivity index (χ0n) is 11.0. The number of nitrogens with one attached hydrogen (secondary N) is 2. The minimum Gasteiger partial charge on any atom is -0.462 e. The lowest BCUT2D eigenvalue weighted by Gasteiger charge is -2.17. The second-order valence-corrected chi connectivity index (χ2v) is 4.12. The molecule has 0 radical (unpaired) electrons. The van der Waals surface area contributed by atoms with Gasteiger partial charge in [-0.2, -0.15) is 0 Å². The van der Waals surface area contributed by atoms with Gasteiger partial charge in [-0.3, -0.25) is 9.59 Å². The zero-order valence-corrected chi connectivity index (χ0v) is 11.0. The van der Waals surface area contributed by atoms with E-state index in [1.54, 1.807) is 6.92 Å². The van der Waals surface area contributed by atoms with E-state index >= 15 is 0 Å². The molecule has 0 fully saturated rings. The van der Waals surface area contributed by atoms with E-state index in [1.165, 1.54) is 13.8 Å². The van der Waals surface area contributed by atoms with Crippen LogP contribution in [0, 0.1) is 5.92 Å². The summed E-state index contributed by atoms with van der Waals surface area (Å²) >= 11 is 0. The van der Waals surface area contributed by atoms with Crippen LogP contribution in [0.4, 0.5) is 0 Å². The monoisotopic (exact) mass is 256 g/mol. The van der Waals surface area contributed by atoms with Gasteiger partial charge in [-0.1, -0.05) is 6.58 Å². The summed E-state index contributed by atoms with van der Waals surface area (Å²) in [7, 11) is 0. The number of ether oxygens (including phenoxy) is 1. The molecule has 6 nitrogen and oxygen atoms in total. The molecular formula is C12H20N2O4. The van der Waals surface area contributed by atoms with Gasteiger partial charge in [0.2, 0.25) is 11.8 Å². The van der Waals surface area contributed by atoms with E-state index < -0.39 is 5.97 Å². The predicted octanol–water partition coefficient (Wildman–Crippen LogP) is -0.00590. The van der Waals surface area contributed by atoms with Gasteiger partial charge in [-0.15, -0.1) is 0 Å². The fraction of sp³-hybridized carbons (Fsp3) is 0.583. The minimum atomic E-state index is -0.481. The van der Waals surface area contributed by atoms with Crippen molar-refractivity contribution < 1.29 is 19.1 Å². The van der Waals surface area contributed by atoms with Crippen LogP contribution in [0.25, 0.3) is 0 Å². The largest absolute Gasteiger partial charge is 0.462 e. The van der Waals surface area contributed by atoms with Gasteiger partial charge in [0.05, 0.1) is 6.61 Å². The maximum atomic E-state index is 11.2. The summed E-state index contributed by atoms with van der Waals surface area (Å²) in [5.41, 5.74) is 0.313. The Hall–Kier alpha value is -1.85. The van der Waals surface area contributed by atoms with Gasteiger partial charge < -0.3 is 15.4 Å². The highest BCUT2D eigenvalue weighted by atomic mass is 16.5. The van der Waals surface area contributed by atoms with Crippen LogP contribution in [0.1, 0.15) is 20.8 Å². The molecule has 102 valence electrons. The van der Waals surface area contributed by atoms with Crippen LogP contribution in [-0.4, -0.2) is 37.5 Å². The van der Waals surface area contributed by atoms with Crippen molar-refractivity contribution in [3.05, 3.63) is 12.2 Å². The third-order valence-corrected chi connectivity index (χ3v) is 2.08. The van der Waals surface area contributed by atoms with Gasteiger partial charge in [-0.25, -0.2) is 4.79 Å². The van der Waals surface area contributed by atoms with Gasteiger partial charge >= 0.3 is 5.97 Å². The number of rotatable bonds is 7. The quantitative estimate of drug-likeness (QED) is 0.496. The van der Waals surface area contributed by atoms with E-state index in [2.05, 4.69) is 17.2 Å². The second kappa shape index (κ2) is 8.27. The standard InChI is InChI=1S/C12H20N2O4/c1-8(2)12(17)18-7-11(5-13-9(3)15)6-14-10(4)16/h11H,1,5-7H2,2-4H3,(H,13,15)(H,14,16). The highest BCUT2D eigenvalue weighted by Gasteiger charge is 2.13. The van der Waals surface area contributed by atoms with Crippen LogP contribution in [0.2, 0.25) is 0 Å². The summed E-state index contributed by atoms with van der Waals surface area (Å²) in [4.78, 5) is 32.9. The van der Waals surface area contributed by atoms with Gasteiger partial charge in [0.25, 0.3) is 0 Å². The molecule has 0 unspecified atom stereocenters. The van der Waals surface area contributed by atoms with Crippen LogP contribution < -0.4 is 10.6 Å². The molecule has 6 heteroatoms. The molecule has 2 N–H and O–H groups in total. The second-order valence-electron chi connectivity index (χ2n) is 4.12. The van der Waals surface area contributed by atoms with E-state index in [0.717, 1.165) is 0 Å². The molecule has 0 atom stereocenters. The third kappa shape index (κ3) is 8.32. The first-order valence-electron chi connectivity index (χ1n) is 5.64. The van der Waals surface area contributed by atoms with E-state index in [4.69, 9.17) is 4.74 Å². The first-order valence-corrected chi connectivity index (χ1v) is 5.64. The molecule has 0 spiro atoms. The number of carbonyl (C=O) groups is 3. The summed E-state index contributed by atoms with van der Waals surface area (Å²) in [5, 5.41) is 5.24. The molecule has 0 bridgehead atoms. The van der Waals surface area contributed by atoms with Gasteiger partial charge in [0.15, 0.2) is 0 Å². The lowest BCUT2D eigenvalue weighted by Crippen LogP contribution is -2.37. The molecule has 0 aliphatic rings. The Morgan fingerprint density at radius 2 is 1.50 bits per heavy atom. The highest BCUT2D eigenvalue weighted by Crippen LogP contribution is 1.99. The van der Waals surface area contributed by atoms with Crippen molar-refractivity contribution >= 4 is 17.8 Å². The molecule has 0 saturated carbocycles. The zero-order chi connectivity index (χ0) is 14.1. The normalized spacial score (nSPS) is 9.78. The lowest BCUT2D eigenvalue weighted by atomic mass is 10.1. The smallest absolute Gasteiger partial charge is 0.333 e. The predicted molar refractivity (Wildman–Crippen MR) is 66.6 cm³/mol. The van der Waals surface area contributed by atoms with E-state index in [0.29, 0.717) is 18.7 Å². The lowest BCUT2D eigenvalue weighted by molar-refractivity contribution is -0.140. The molecule has 0 aliphatic heterocycles. The molecule has 2 amide bonds. The number of hydrogen-bond donors (Lipinski definition) is 2. The van der Waals surface area contributed by atoms with E-state index in [1.807, 2.05) is 0 Å². The molecular weight excluding hydrogens is 236 g/mol. The number of carbonyl (C=O) groups excluding carboxylic acids is 3. The SMILES string of the molecule is C=C(C)C(=O)OCC(CNC(C)=O)CNC(C)=O. The Morgan fingerprint density at radius 3 is 1.83 bits per heavy atom. The molecule has 0 aromatic rings. The highest BCUT2D eigenvalue weighted by molar-refractivity contribution is 5.86. The minimum absolute atomic E-state index is 0.117. The molecule has 0 aromatic heterocycles. The van der Waals surface area contributed by atoms with Crippen molar-refractivity contribution in [1.82, 2.24) is 10.6 Å². The molecule has 18 heavy (non-hydrogen) atoms. The maximum Gasteiger partial charge on any atom is 0.333 e. The molecule has 0 rings (SSSR count). The fourth-order valence-electron chi connectivity index (χ4n) is 1.08. The number of hydrogen-bond acceptors (Lipinski definition) is 4. The van der Waals surface area contributed by atoms with Gasteiger partial charge in [-0.05, 0) is 6.92 Å². The van der Waals surface area contributed by atoms with Crippen molar-refractivity contribution in [2.45, 2.75) is 20.8 Å². The Morgan fingerprint density at radius 1 is 1.06 bits per heavy atom. The first-order chi connectivity index (χ1) is 8.32. The van der Waals surface area contributed by atoms with Crippen molar-refractivity contribution in [3.8, 4) is 0 Å². The van der Waals surface area contributed by atoms with E-state index in [-0.39, 0.29) is 24.3 Å². The van der Waals surface area contributed by atoms with Crippen molar-refractivity contribution in [2.24, 2.45) is 5.92 Å². The average Bonchev–Trinajstić information content (AvgIpc) is 2.26. The van der Waals surface area contributed by atoms with Crippen molar-refractivity contribution in [2.75, 3.05) is 19.7 Å². The molecule has 0 heterocycles. The van der Waals surface area contributed by atoms with Crippen molar-refractivity contribution in [3.63, 3.8) is 0 Å². The van der Waals surface area contributed by atoms with Crippen molar-refractivity contribution in [1.29, 1.82) is 0 Å². The topological polar surface area (TPSA) is 84.5 Å². The summed E-state index contributed by atoms with van der Waals surface area (Å²) in [5.74, 6) is -0.991. The Bertz CT molecular complexity index is 321. The van der Waals surface area contributed by atoms with E-state index in [9.17, 15) is 14.4 Å². The molecule has 0 aromatic carbocycles. The Balaban J connectivity index is 4.18. The third-order valence-electron chi connectivity index (χ3n) is 2.08. The van der Waals surface area contributed by atoms with Crippen LogP contribution in [-0.2, 0) is 19.1 Å². The number of esters is 1. The molecule has 0 saturated heterocycles. The first kappa shape index (κ1) is 16.1. The van der Waals surface area contributed by atoms with Gasteiger partial charge in [0, 0.05) is 38.4 Å². The van der Waals surface area contributed by atoms with Crippen LogP contribution in [0.3, 0.4) is 0 Å². The Labute approximate surface area is 107 Å². The summed E-state index contributed by atoms with van der Waals surface area (Å²) in [6.45, 7) is 8.60. The fourth-order valence-corrected chi connectivity index (χ4v) is 1.08. The summed E-state index contributed by atoms with van der Waals surface area (Å²) < 4.78 is 4.99. The van der Waals surface area contributed by atoms with Crippen LogP contribution >= 0.6 is 0 Å². The van der Waals surface area contributed by atoms with Crippen LogP contribution in [0.5, 0.6) is 0 Å². The number of amides is 2. The van der Waals surface area contributed by atoms with Gasteiger partial charge in [0.1, 0.15) is 0 Å². The summed E-state index contributed by atoms with van der Waals surface area (Å²) in [6, 6.07) is 0. The molecule has 0 aliphatic carbocycles. The average molecular weight is 256 g/mol. The van der Waals surface area contributed by atoms with Crippen LogP contribution in [0.15, 0.2) is 12.2 Å².